The molecular weight excluding hydrogens is 414 g/mol. The molecule has 1 aromatic carbocycles. The second kappa shape index (κ2) is 8.46. The lowest BCUT2D eigenvalue weighted by Gasteiger charge is -2.37. The highest BCUT2D eigenvalue weighted by Crippen LogP contribution is 2.39. The second-order valence-electron chi connectivity index (χ2n) is 8.54. The van der Waals surface area contributed by atoms with Crippen LogP contribution in [-0.4, -0.2) is 58.4 Å². The van der Waals surface area contributed by atoms with Crippen molar-refractivity contribution in [3.8, 4) is 11.4 Å². The molecule has 2 aliphatic heterocycles. The molecule has 9 heteroatoms. The van der Waals surface area contributed by atoms with Gasteiger partial charge in [-0.1, -0.05) is 6.07 Å². The Hall–Kier alpha value is -3.07. The molecule has 2 heterocycles. The Kier molecular flexibility index (Phi) is 5.50. The van der Waals surface area contributed by atoms with E-state index in [0.717, 1.165) is 80.8 Å². The highest BCUT2D eigenvalue weighted by atomic mass is 19.2. The van der Waals surface area contributed by atoms with Crippen molar-refractivity contribution in [2.75, 3.05) is 37.7 Å². The summed E-state index contributed by atoms with van der Waals surface area (Å²) in [5, 5.41) is 6.71. The molecule has 1 amide bonds. The third-order valence-corrected chi connectivity index (χ3v) is 6.63. The van der Waals surface area contributed by atoms with Crippen LogP contribution in [0.1, 0.15) is 39.9 Å². The van der Waals surface area contributed by atoms with Crippen LogP contribution in [0.2, 0.25) is 0 Å². The zero-order chi connectivity index (χ0) is 22.2. The average Bonchev–Trinajstić information content (AvgIpc) is 3.15. The molecule has 168 valence electrons. The minimum Gasteiger partial charge on any atom is -0.366 e. The Morgan fingerprint density at radius 3 is 2.50 bits per heavy atom. The molecule has 5 rings (SSSR count). The van der Waals surface area contributed by atoms with Gasteiger partial charge in [0.2, 0.25) is 0 Å². The third-order valence-electron chi connectivity index (χ3n) is 6.63. The molecule has 0 saturated carbocycles. The fourth-order valence-corrected chi connectivity index (χ4v) is 4.99. The molecule has 1 fully saturated rings. The molecule has 2 aliphatic carbocycles. The van der Waals surface area contributed by atoms with E-state index in [1.165, 1.54) is 18.5 Å². The minimum absolute atomic E-state index is 0.426. The predicted octanol–water partition coefficient (Wildman–Crippen LogP) is 2.14. The first kappa shape index (κ1) is 20.8. The standard InChI is InChI=1S/C23H26F2N6O/c24-18-6-5-15(13-19(18)25)7-8-29-9-11-30(12-10-29)31-22-17-4-2-1-3-16(17)20(23(26)32)21(22)27-14-28-31/h5-6,13-14H,1-4,7-12H2,(H2,26,32). The van der Waals surface area contributed by atoms with Crippen LogP contribution in [0.4, 0.5) is 8.78 Å². The van der Waals surface area contributed by atoms with Crippen molar-refractivity contribution in [1.29, 1.82) is 0 Å². The van der Waals surface area contributed by atoms with E-state index in [-0.39, 0.29) is 0 Å². The summed E-state index contributed by atoms with van der Waals surface area (Å²) in [5.74, 6) is -2.04. The Labute approximate surface area is 185 Å². The van der Waals surface area contributed by atoms with E-state index in [0.29, 0.717) is 17.7 Å². The normalized spacial score (nSPS) is 17.0. The predicted molar refractivity (Wildman–Crippen MR) is 116 cm³/mol. The molecule has 4 aliphatic rings. The number of rotatable bonds is 5. The summed E-state index contributed by atoms with van der Waals surface area (Å²) in [7, 11) is 0. The van der Waals surface area contributed by atoms with E-state index >= 15 is 0 Å². The van der Waals surface area contributed by atoms with E-state index in [4.69, 9.17) is 5.73 Å². The summed E-state index contributed by atoms with van der Waals surface area (Å²) in [6.07, 6.45) is 6.04. The molecule has 1 aromatic rings. The number of benzene rings is 1. The highest BCUT2D eigenvalue weighted by molar-refractivity contribution is 6.03. The van der Waals surface area contributed by atoms with Crippen molar-refractivity contribution >= 4 is 5.91 Å². The van der Waals surface area contributed by atoms with Crippen LogP contribution in [0.5, 0.6) is 0 Å². The van der Waals surface area contributed by atoms with Gasteiger partial charge in [-0.2, -0.15) is 4.79 Å². The quantitative estimate of drug-likeness (QED) is 0.658. The van der Waals surface area contributed by atoms with Crippen molar-refractivity contribution < 1.29 is 13.6 Å². The fourth-order valence-electron chi connectivity index (χ4n) is 4.99. The second-order valence-corrected chi connectivity index (χ2v) is 8.54. The zero-order valence-corrected chi connectivity index (χ0v) is 17.9. The van der Waals surface area contributed by atoms with Gasteiger partial charge in [-0.25, -0.2) is 13.8 Å². The number of piperazine rings is 1. The molecule has 0 unspecified atom stereocenters. The number of halogens is 2. The van der Waals surface area contributed by atoms with Gasteiger partial charge in [0.25, 0.3) is 5.91 Å². The number of aromatic nitrogens is 3. The Morgan fingerprint density at radius 2 is 1.78 bits per heavy atom. The SMILES string of the molecule is NC(=O)c1c2ncnn(N3CCN(CCc4ccc(F)c(F)c4)CC3)c-2c2c1CCCC2. The van der Waals surface area contributed by atoms with E-state index in [2.05, 4.69) is 20.0 Å². The van der Waals surface area contributed by atoms with Gasteiger partial charge in [0, 0.05) is 32.7 Å². The van der Waals surface area contributed by atoms with Gasteiger partial charge in [-0.05, 0) is 60.9 Å². The van der Waals surface area contributed by atoms with Crippen molar-refractivity contribution in [2.24, 2.45) is 5.73 Å². The number of fused-ring (bicyclic) bond motifs is 3. The minimum atomic E-state index is -0.815. The van der Waals surface area contributed by atoms with Gasteiger partial charge >= 0.3 is 0 Å². The summed E-state index contributed by atoms with van der Waals surface area (Å²) in [6.45, 7) is 3.96. The molecule has 0 atom stereocenters. The number of carbonyl (C=O) groups is 1. The Balaban J connectivity index is 1.31. The monoisotopic (exact) mass is 440 g/mol. The van der Waals surface area contributed by atoms with E-state index in [1.54, 1.807) is 6.07 Å². The van der Waals surface area contributed by atoms with Gasteiger partial charge < -0.3 is 5.73 Å². The molecule has 0 bridgehead atoms. The molecule has 1 saturated heterocycles. The molecule has 0 spiro atoms. The van der Waals surface area contributed by atoms with Crippen LogP contribution in [0.15, 0.2) is 24.5 Å². The fraction of sp³-hybridized carbons (Fsp3) is 0.435. The smallest absolute Gasteiger partial charge is 0.251 e. The van der Waals surface area contributed by atoms with Gasteiger partial charge in [-0.3, -0.25) is 14.7 Å². The molecule has 2 N–H and O–H groups in total. The number of primary amides is 1. The van der Waals surface area contributed by atoms with E-state index in [1.807, 2.05) is 4.79 Å². The summed E-state index contributed by atoms with van der Waals surface area (Å²) < 4.78 is 26.6. The van der Waals surface area contributed by atoms with Crippen LogP contribution >= 0.6 is 0 Å². The zero-order valence-electron chi connectivity index (χ0n) is 17.9. The molecule has 0 aromatic heterocycles. The van der Waals surface area contributed by atoms with E-state index < -0.39 is 17.5 Å². The van der Waals surface area contributed by atoms with Gasteiger partial charge in [0.1, 0.15) is 17.7 Å². The number of amides is 1. The summed E-state index contributed by atoms with van der Waals surface area (Å²) >= 11 is 0. The molecular formula is C23H26F2N6O. The van der Waals surface area contributed by atoms with Crippen LogP contribution in [-0.2, 0) is 19.3 Å². The molecule has 32 heavy (non-hydrogen) atoms. The largest absolute Gasteiger partial charge is 0.366 e. The first-order chi connectivity index (χ1) is 15.5. The first-order valence-electron chi connectivity index (χ1n) is 11.1. The Bertz CT molecular complexity index is 1120. The lowest BCUT2D eigenvalue weighted by molar-refractivity contribution is 0.1000. The molecule has 0 radical (unpaired) electrons. The van der Waals surface area contributed by atoms with Gasteiger partial charge in [0.15, 0.2) is 11.6 Å². The maximum atomic E-state index is 13.4. The molecule has 7 nitrogen and oxygen atoms in total. The van der Waals surface area contributed by atoms with Crippen LogP contribution in [0, 0.1) is 11.6 Å². The van der Waals surface area contributed by atoms with Crippen LogP contribution < -0.4 is 10.7 Å². The number of hydrogen-bond acceptors (Lipinski definition) is 5. The van der Waals surface area contributed by atoms with Crippen LogP contribution in [0.25, 0.3) is 11.4 Å². The van der Waals surface area contributed by atoms with Crippen LogP contribution in [0.3, 0.4) is 0 Å². The number of nitrogens with two attached hydrogens (primary N) is 1. The number of nitrogens with zero attached hydrogens (tertiary/aromatic N) is 5. The topological polar surface area (TPSA) is 80.3 Å². The third kappa shape index (κ3) is 3.70. The maximum Gasteiger partial charge on any atom is 0.251 e. The Morgan fingerprint density at radius 1 is 1.03 bits per heavy atom. The van der Waals surface area contributed by atoms with Crippen molar-refractivity contribution in [1.82, 2.24) is 19.8 Å². The maximum absolute atomic E-state index is 13.4. The van der Waals surface area contributed by atoms with Crippen molar-refractivity contribution in [3.63, 3.8) is 0 Å². The lowest BCUT2D eigenvalue weighted by Crippen LogP contribution is -2.52. The summed E-state index contributed by atoms with van der Waals surface area (Å²) in [4.78, 5) is 20.8. The van der Waals surface area contributed by atoms with Crippen molar-refractivity contribution in [3.05, 3.63) is 58.4 Å². The summed E-state index contributed by atoms with van der Waals surface area (Å²) in [5.41, 5.74) is 10.8. The van der Waals surface area contributed by atoms with Crippen molar-refractivity contribution in [2.45, 2.75) is 32.1 Å². The van der Waals surface area contributed by atoms with E-state index in [9.17, 15) is 13.6 Å². The number of hydrogen-bond donors (Lipinski definition) is 1. The first-order valence-corrected chi connectivity index (χ1v) is 11.1. The lowest BCUT2D eigenvalue weighted by atomic mass is 9.93. The highest BCUT2D eigenvalue weighted by Gasteiger charge is 2.33. The number of carbonyl (C=O) groups excluding carboxylic acids is 1. The van der Waals surface area contributed by atoms with Gasteiger partial charge in [0.05, 0.1) is 5.56 Å². The van der Waals surface area contributed by atoms with Gasteiger partial charge in [-0.15, -0.1) is 5.10 Å². The average molecular weight is 440 g/mol. The summed E-state index contributed by atoms with van der Waals surface area (Å²) in [6, 6.07) is 4.09.